The highest BCUT2D eigenvalue weighted by molar-refractivity contribution is 7.92. The molecule has 0 radical (unpaired) electrons. The van der Waals surface area contributed by atoms with Crippen molar-refractivity contribution in [1.82, 2.24) is 9.80 Å². The van der Waals surface area contributed by atoms with Gasteiger partial charge in [0.1, 0.15) is 11.9 Å². The lowest BCUT2D eigenvalue weighted by Gasteiger charge is -2.38. The van der Waals surface area contributed by atoms with Gasteiger partial charge >= 0.3 is 6.03 Å². The molecule has 0 spiro atoms. The van der Waals surface area contributed by atoms with Crippen molar-refractivity contribution in [3.8, 4) is 11.5 Å². The largest absolute Gasteiger partial charge is 0.497 e. The van der Waals surface area contributed by atoms with E-state index in [0.29, 0.717) is 11.4 Å². The third-order valence-corrected chi connectivity index (χ3v) is 8.79. The number of para-hydroxylation sites is 1. The van der Waals surface area contributed by atoms with E-state index >= 15 is 0 Å². The second-order valence-electron chi connectivity index (χ2n) is 10.8. The van der Waals surface area contributed by atoms with Crippen molar-refractivity contribution in [2.75, 3.05) is 43.9 Å². The van der Waals surface area contributed by atoms with Crippen LogP contribution < -0.4 is 19.5 Å². The normalized spacial score (nSPS) is 17.5. The van der Waals surface area contributed by atoms with Gasteiger partial charge < -0.3 is 29.7 Å². The van der Waals surface area contributed by atoms with Crippen molar-refractivity contribution >= 4 is 33.3 Å². The Morgan fingerprint density at radius 3 is 2.44 bits per heavy atom. The van der Waals surface area contributed by atoms with E-state index in [4.69, 9.17) is 9.47 Å². The number of aliphatic hydroxyl groups is 1. The molecule has 0 fully saturated rings. The Kier molecular flexibility index (Phi) is 9.82. The molecule has 3 aromatic rings. The first-order valence-electron chi connectivity index (χ1n) is 13.9. The number of nitrogens with one attached hydrogen (secondary N) is 2. The van der Waals surface area contributed by atoms with E-state index in [0.717, 1.165) is 5.56 Å². The number of fused-ring (bicyclic) bond motifs is 1. The Labute approximate surface area is 252 Å². The van der Waals surface area contributed by atoms with Crippen LogP contribution in [0.4, 0.5) is 16.2 Å². The van der Waals surface area contributed by atoms with Gasteiger partial charge in [0.25, 0.3) is 15.9 Å². The van der Waals surface area contributed by atoms with Crippen LogP contribution in [0.3, 0.4) is 0 Å². The highest BCUT2D eigenvalue weighted by Gasteiger charge is 2.35. The summed E-state index contributed by atoms with van der Waals surface area (Å²) in [5.41, 5.74) is 1.72. The fourth-order valence-corrected chi connectivity index (χ4v) is 5.77. The summed E-state index contributed by atoms with van der Waals surface area (Å²) < 4.78 is 40.8. The van der Waals surface area contributed by atoms with Gasteiger partial charge in [0.15, 0.2) is 5.75 Å². The first-order chi connectivity index (χ1) is 20.4. The zero-order chi connectivity index (χ0) is 31.3. The summed E-state index contributed by atoms with van der Waals surface area (Å²) in [6.07, 6.45) is -0.642. The number of ether oxygens (including phenoxy) is 2. The molecule has 0 bridgehead atoms. The van der Waals surface area contributed by atoms with Gasteiger partial charge in [0.05, 0.1) is 42.4 Å². The second-order valence-corrected chi connectivity index (χ2v) is 12.4. The van der Waals surface area contributed by atoms with Crippen molar-refractivity contribution in [1.29, 1.82) is 0 Å². The van der Waals surface area contributed by atoms with Crippen LogP contribution in [0.25, 0.3) is 0 Å². The minimum Gasteiger partial charge on any atom is -0.497 e. The van der Waals surface area contributed by atoms with Crippen molar-refractivity contribution in [3.05, 3.63) is 77.9 Å². The molecule has 3 amide bonds. The molecule has 3 aromatic carbocycles. The van der Waals surface area contributed by atoms with Gasteiger partial charge in [0, 0.05) is 25.2 Å². The molecular formula is C31H38N4O7S. The molecular weight excluding hydrogens is 572 g/mol. The average molecular weight is 611 g/mol. The standard InChI is InChI=1S/C31H38N4O7S/c1-20-9-15-25(16-10-20)43(39,40)33-27-8-6-7-26-29(27)42-28(21(2)17-35(30(26)37)22(3)19-36)18-34(4)31(38)32-23-11-13-24(41-5)14-12-23/h6-16,21-22,28,33,36H,17-19H2,1-5H3,(H,32,38)/t21-,22+,28-/m0/s1. The predicted octanol–water partition coefficient (Wildman–Crippen LogP) is 4.19. The predicted molar refractivity (Wildman–Crippen MR) is 164 cm³/mol. The van der Waals surface area contributed by atoms with Gasteiger partial charge in [-0.05, 0) is 62.4 Å². The van der Waals surface area contributed by atoms with Crippen LogP contribution in [0.2, 0.25) is 0 Å². The maximum absolute atomic E-state index is 13.7. The maximum atomic E-state index is 13.7. The molecule has 230 valence electrons. The number of amides is 3. The Bertz CT molecular complexity index is 1550. The lowest BCUT2D eigenvalue weighted by atomic mass is 9.99. The number of anilines is 2. The SMILES string of the molecule is COc1ccc(NC(=O)N(C)C[C@@H]2Oc3c(NS(=O)(=O)c4ccc(C)cc4)cccc3C(=O)N([C@H](C)CO)C[C@@H]2C)cc1. The first kappa shape index (κ1) is 31.6. The van der Waals surface area contributed by atoms with Gasteiger partial charge in [-0.15, -0.1) is 0 Å². The minimum atomic E-state index is -4.02. The maximum Gasteiger partial charge on any atom is 0.321 e. The van der Waals surface area contributed by atoms with Crippen molar-refractivity contribution in [2.24, 2.45) is 5.92 Å². The number of aliphatic hydroxyl groups excluding tert-OH is 1. The third kappa shape index (κ3) is 7.38. The van der Waals surface area contributed by atoms with Gasteiger partial charge in [-0.3, -0.25) is 9.52 Å². The summed E-state index contributed by atoms with van der Waals surface area (Å²) in [5, 5.41) is 12.8. The minimum absolute atomic E-state index is 0.0545. The first-order valence-corrected chi connectivity index (χ1v) is 15.4. The van der Waals surface area contributed by atoms with Crippen molar-refractivity contribution in [2.45, 2.75) is 37.8 Å². The molecule has 1 heterocycles. The molecule has 43 heavy (non-hydrogen) atoms. The quantitative estimate of drug-likeness (QED) is 0.330. The summed E-state index contributed by atoms with van der Waals surface area (Å²) in [7, 11) is -0.837. The highest BCUT2D eigenvalue weighted by atomic mass is 32.2. The molecule has 0 aliphatic carbocycles. The third-order valence-electron chi connectivity index (χ3n) is 7.41. The molecule has 3 atom stereocenters. The molecule has 0 saturated carbocycles. The fraction of sp³-hybridized carbons (Fsp3) is 0.355. The number of hydrogen-bond acceptors (Lipinski definition) is 7. The summed E-state index contributed by atoms with van der Waals surface area (Å²) >= 11 is 0. The van der Waals surface area contributed by atoms with Crippen molar-refractivity contribution in [3.63, 3.8) is 0 Å². The number of methoxy groups -OCH3 is 1. The molecule has 1 aliphatic rings. The molecule has 3 N–H and O–H groups in total. The Hall–Kier alpha value is -4.29. The van der Waals surface area contributed by atoms with E-state index in [9.17, 15) is 23.1 Å². The van der Waals surface area contributed by atoms with Gasteiger partial charge in [-0.2, -0.15) is 0 Å². The van der Waals surface area contributed by atoms with Crippen LogP contribution in [0.1, 0.15) is 29.8 Å². The number of nitrogens with zero attached hydrogens (tertiary/aromatic N) is 2. The van der Waals surface area contributed by atoms with Crippen LogP contribution >= 0.6 is 0 Å². The van der Waals surface area contributed by atoms with Crippen LogP contribution in [0.15, 0.2) is 71.6 Å². The number of urea groups is 1. The van der Waals surface area contributed by atoms with E-state index in [1.54, 1.807) is 74.5 Å². The Morgan fingerprint density at radius 1 is 1.14 bits per heavy atom. The van der Waals surface area contributed by atoms with Crippen LogP contribution in [0.5, 0.6) is 11.5 Å². The average Bonchev–Trinajstić information content (AvgIpc) is 2.99. The molecule has 11 nitrogen and oxygen atoms in total. The lowest BCUT2D eigenvalue weighted by molar-refractivity contribution is 0.0373. The van der Waals surface area contributed by atoms with E-state index < -0.39 is 28.1 Å². The smallest absolute Gasteiger partial charge is 0.321 e. The van der Waals surface area contributed by atoms with Crippen LogP contribution in [-0.2, 0) is 10.0 Å². The van der Waals surface area contributed by atoms with Gasteiger partial charge in [0.2, 0.25) is 0 Å². The van der Waals surface area contributed by atoms with Crippen LogP contribution in [0, 0.1) is 12.8 Å². The van der Waals surface area contributed by atoms with E-state index in [1.165, 1.54) is 23.1 Å². The van der Waals surface area contributed by atoms with E-state index in [-0.39, 0.29) is 53.5 Å². The topological polar surface area (TPSA) is 138 Å². The number of carbonyl (C=O) groups is 2. The number of benzene rings is 3. The fourth-order valence-electron chi connectivity index (χ4n) is 4.71. The molecule has 0 aromatic heterocycles. The summed E-state index contributed by atoms with van der Waals surface area (Å²) in [4.78, 5) is 29.9. The number of hydrogen-bond donors (Lipinski definition) is 3. The monoisotopic (exact) mass is 610 g/mol. The lowest BCUT2D eigenvalue weighted by Crippen LogP contribution is -2.50. The summed E-state index contributed by atoms with van der Waals surface area (Å²) in [6, 6.07) is 17.1. The molecule has 12 heteroatoms. The highest BCUT2D eigenvalue weighted by Crippen LogP contribution is 2.36. The molecule has 0 unspecified atom stereocenters. The Morgan fingerprint density at radius 2 is 1.81 bits per heavy atom. The van der Waals surface area contributed by atoms with Crippen LogP contribution in [-0.4, -0.2) is 81.3 Å². The number of sulfonamides is 1. The van der Waals surface area contributed by atoms with E-state index in [1.807, 2.05) is 13.8 Å². The second kappa shape index (κ2) is 13.3. The van der Waals surface area contributed by atoms with Gasteiger partial charge in [-0.1, -0.05) is 30.7 Å². The number of likely N-dealkylation sites (N-methyl/N-ethyl adjacent to an activating group) is 1. The summed E-state index contributed by atoms with van der Waals surface area (Å²) in [6.45, 7) is 5.59. The zero-order valence-electron chi connectivity index (χ0n) is 24.9. The zero-order valence-corrected chi connectivity index (χ0v) is 25.7. The van der Waals surface area contributed by atoms with Gasteiger partial charge in [-0.25, -0.2) is 13.2 Å². The summed E-state index contributed by atoms with van der Waals surface area (Å²) in [5.74, 6) is 0.0126. The number of carbonyl (C=O) groups excluding carboxylic acids is 2. The molecule has 4 rings (SSSR count). The van der Waals surface area contributed by atoms with Crippen molar-refractivity contribution < 1.29 is 32.6 Å². The number of rotatable bonds is 9. The van der Waals surface area contributed by atoms with E-state index in [2.05, 4.69) is 10.0 Å². The molecule has 0 saturated heterocycles. The molecule has 1 aliphatic heterocycles. The number of aryl methyl sites for hydroxylation is 1. The Balaban J connectivity index is 1.66.